The molecule has 8 heteroatoms. The van der Waals surface area contributed by atoms with Gasteiger partial charge in [0.05, 0.1) is 25.4 Å². The molecular weight excluding hydrogens is 524 g/mol. The maximum atomic E-state index is 13.1. The summed E-state index contributed by atoms with van der Waals surface area (Å²) in [5, 5.41) is 11.5. The monoisotopic (exact) mass is 564 g/mol. The van der Waals surface area contributed by atoms with Crippen molar-refractivity contribution in [3.63, 3.8) is 0 Å². The molecule has 0 unspecified atom stereocenters. The Bertz CT molecular complexity index is 1150. The highest BCUT2D eigenvalue weighted by atomic mass is 28.3. The first-order valence-electron chi connectivity index (χ1n) is 13.8. The molecule has 1 N–H and O–H groups in total. The van der Waals surface area contributed by atoms with E-state index in [1.54, 1.807) is 24.3 Å². The second kappa shape index (κ2) is 14.7. The Hall–Kier alpha value is -2.85. The fraction of sp³-hybridized carbons (Fsp3) is 0.406. The highest BCUT2D eigenvalue weighted by molar-refractivity contribution is 6.76. The fourth-order valence-corrected chi connectivity index (χ4v) is 5.09. The Kier molecular flexibility index (Phi) is 11.1. The predicted molar refractivity (Wildman–Crippen MR) is 156 cm³/mol. The standard InChI is InChI=1S/C32H40O7Si/c1-40(2,3)20-19-36-32-30(39-31(34)26-17-11-6-12-18-26)29(37-22-25-15-9-5-10-16-25)28(33)27(38-32)23-35-21-24-13-7-4-8-14-24/h4-18,27-30,32-33H,19-23H2,1-3H3/t27-,28-,29+,30-,32-/m1/s1. The summed E-state index contributed by atoms with van der Waals surface area (Å²) in [5.74, 6) is -0.535. The number of aliphatic hydroxyl groups excluding tert-OH is 1. The summed E-state index contributed by atoms with van der Waals surface area (Å²) in [6.07, 6.45) is -4.68. The van der Waals surface area contributed by atoms with Crippen LogP contribution in [0.2, 0.25) is 25.7 Å². The molecule has 7 nitrogen and oxygen atoms in total. The van der Waals surface area contributed by atoms with Gasteiger partial charge in [-0.15, -0.1) is 0 Å². The van der Waals surface area contributed by atoms with Crippen molar-refractivity contribution in [3.05, 3.63) is 108 Å². The van der Waals surface area contributed by atoms with Gasteiger partial charge in [0.1, 0.15) is 18.3 Å². The molecule has 1 heterocycles. The van der Waals surface area contributed by atoms with Crippen LogP contribution in [0, 0.1) is 0 Å². The molecule has 4 rings (SSSR count). The lowest BCUT2D eigenvalue weighted by Gasteiger charge is -2.43. The topological polar surface area (TPSA) is 83.5 Å². The second-order valence-electron chi connectivity index (χ2n) is 11.2. The summed E-state index contributed by atoms with van der Waals surface area (Å²) in [5.41, 5.74) is 2.35. The van der Waals surface area contributed by atoms with Gasteiger partial charge in [-0.3, -0.25) is 0 Å². The van der Waals surface area contributed by atoms with Crippen LogP contribution in [0.1, 0.15) is 21.5 Å². The van der Waals surface area contributed by atoms with Crippen molar-refractivity contribution in [2.24, 2.45) is 0 Å². The first kappa shape index (κ1) is 30.1. The first-order chi connectivity index (χ1) is 19.3. The zero-order valence-corrected chi connectivity index (χ0v) is 24.5. The number of carbonyl (C=O) groups excluding carboxylic acids is 1. The largest absolute Gasteiger partial charge is 0.450 e. The third-order valence-corrected chi connectivity index (χ3v) is 8.39. The molecule has 1 aliphatic rings. The van der Waals surface area contributed by atoms with E-state index in [9.17, 15) is 9.90 Å². The lowest BCUT2D eigenvalue weighted by Crippen LogP contribution is -2.61. The molecule has 0 saturated carbocycles. The maximum absolute atomic E-state index is 13.1. The Morgan fingerprint density at radius 3 is 1.98 bits per heavy atom. The van der Waals surface area contributed by atoms with Gasteiger partial charge < -0.3 is 28.8 Å². The van der Waals surface area contributed by atoms with Crippen LogP contribution in [0.15, 0.2) is 91.0 Å². The van der Waals surface area contributed by atoms with Crippen LogP contribution in [0.25, 0.3) is 0 Å². The molecule has 1 saturated heterocycles. The van der Waals surface area contributed by atoms with Crippen molar-refractivity contribution in [1.82, 2.24) is 0 Å². The summed E-state index contributed by atoms with van der Waals surface area (Å²) in [6.45, 7) is 7.95. The van der Waals surface area contributed by atoms with E-state index in [1.165, 1.54) is 0 Å². The van der Waals surface area contributed by atoms with Crippen molar-refractivity contribution in [1.29, 1.82) is 0 Å². The molecule has 5 atom stereocenters. The molecule has 0 radical (unpaired) electrons. The van der Waals surface area contributed by atoms with E-state index in [0.717, 1.165) is 17.2 Å². The molecule has 0 amide bonds. The summed E-state index contributed by atoms with van der Waals surface area (Å²) in [7, 11) is -1.41. The number of ether oxygens (including phenoxy) is 5. The number of rotatable bonds is 13. The number of aliphatic hydroxyl groups is 1. The van der Waals surface area contributed by atoms with Gasteiger partial charge in [-0.2, -0.15) is 0 Å². The molecular formula is C32H40O7Si. The van der Waals surface area contributed by atoms with Crippen molar-refractivity contribution >= 4 is 14.0 Å². The third kappa shape index (κ3) is 9.09. The zero-order valence-electron chi connectivity index (χ0n) is 23.5. The SMILES string of the molecule is C[Si](C)(C)CCO[C@@H]1O[C@H](COCc2ccccc2)[C@@H](O)[C@H](OCc2ccccc2)[C@H]1OC(=O)c1ccccc1. The third-order valence-electron chi connectivity index (χ3n) is 6.68. The highest BCUT2D eigenvalue weighted by Crippen LogP contribution is 2.29. The number of hydrogen-bond donors (Lipinski definition) is 1. The minimum atomic E-state index is -1.41. The number of benzene rings is 3. The predicted octanol–water partition coefficient (Wildman–Crippen LogP) is 5.45. The van der Waals surface area contributed by atoms with Crippen LogP contribution >= 0.6 is 0 Å². The van der Waals surface area contributed by atoms with Gasteiger partial charge in [-0.05, 0) is 29.3 Å². The number of hydrogen-bond acceptors (Lipinski definition) is 7. The molecule has 3 aromatic carbocycles. The van der Waals surface area contributed by atoms with Crippen LogP contribution in [-0.4, -0.2) is 63.1 Å². The van der Waals surface area contributed by atoms with E-state index < -0.39 is 44.7 Å². The fourth-order valence-electron chi connectivity index (χ4n) is 4.36. The molecule has 40 heavy (non-hydrogen) atoms. The number of carbonyl (C=O) groups is 1. The molecule has 214 valence electrons. The minimum absolute atomic E-state index is 0.120. The van der Waals surface area contributed by atoms with Gasteiger partial charge in [0.2, 0.25) is 0 Å². The van der Waals surface area contributed by atoms with E-state index in [2.05, 4.69) is 19.6 Å². The quantitative estimate of drug-likeness (QED) is 0.218. The van der Waals surface area contributed by atoms with Gasteiger partial charge in [-0.1, -0.05) is 98.5 Å². The van der Waals surface area contributed by atoms with Gasteiger partial charge in [0, 0.05) is 14.7 Å². The molecule has 0 spiro atoms. The first-order valence-corrected chi connectivity index (χ1v) is 17.5. The summed E-state index contributed by atoms with van der Waals surface area (Å²) in [4.78, 5) is 13.1. The van der Waals surface area contributed by atoms with Gasteiger partial charge in [-0.25, -0.2) is 4.79 Å². The van der Waals surface area contributed by atoms with E-state index in [-0.39, 0.29) is 13.2 Å². The van der Waals surface area contributed by atoms with Crippen molar-refractivity contribution in [2.45, 2.75) is 69.6 Å². The lowest BCUT2D eigenvalue weighted by molar-refractivity contribution is -0.309. The van der Waals surface area contributed by atoms with Gasteiger partial charge in [0.15, 0.2) is 12.4 Å². The smallest absolute Gasteiger partial charge is 0.338 e. The zero-order chi connectivity index (χ0) is 28.4. The molecule has 0 aromatic heterocycles. The van der Waals surface area contributed by atoms with Crippen LogP contribution in [0.5, 0.6) is 0 Å². The van der Waals surface area contributed by atoms with Crippen molar-refractivity contribution in [3.8, 4) is 0 Å². The van der Waals surface area contributed by atoms with Crippen LogP contribution in [0.4, 0.5) is 0 Å². The van der Waals surface area contributed by atoms with E-state index >= 15 is 0 Å². The maximum Gasteiger partial charge on any atom is 0.338 e. The average Bonchev–Trinajstić information content (AvgIpc) is 2.95. The molecule has 1 aliphatic heterocycles. The summed E-state index contributed by atoms with van der Waals surface area (Å²) in [6, 6.07) is 29.1. The molecule has 1 fully saturated rings. The van der Waals surface area contributed by atoms with E-state index in [0.29, 0.717) is 18.8 Å². The molecule has 0 bridgehead atoms. The average molecular weight is 565 g/mol. The minimum Gasteiger partial charge on any atom is -0.450 e. The van der Waals surface area contributed by atoms with Crippen molar-refractivity contribution in [2.75, 3.05) is 13.2 Å². The number of esters is 1. The Morgan fingerprint density at radius 1 is 0.800 bits per heavy atom. The van der Waals surface area contributed by atoms with Gasteiger partial charge >= 0.3 is 5.97 Å². The normalized spacial score (nSPS) is 23.1. The Labute approximate surface area is 238 Å². The Balaban J connectivity index is 1.54. The summed E-state index contributed by atoms with van der Waals surface area (Å²) < 4.78 is 30.6. The highest BCUT2D eigenvalue weighted by Gasteiger charge is 2.49. The van der Waals surface area contributed by atoms with E-state index in [1.807, 2.05) is 66.7 Å². The molecule has 0 aliphatic carbocycles. The Morgan fingerprint density at radius 2 is 1.38 bits per heavy atom. The molecule has 3 aromatic rings. The lowest BCUT2D eigenvalue weighted by atomic mass is 9.98. The van der Waals surface area contributed by atoms with Crippen LogP contribution in [-0.2, 0) is 36.9 Å². The van der Waals surface area contributed by atoms with Crippen molar-refractivity contribution < 1.29 is 33.6 Å². The van der Waals surface area contributed by atoms with E-state index in [4.69, 9.17) is 23.7 Å². The summed E-state index contributed by atoms with van der Waals surface area (Å²) >= 11 is 0. The van der Waals surface area contributed by atoms with Gasteiger partial charge in [0.25, 0.3) is 0 Å². The van der Waals surface area contributed by atoms with Crippen LogP contribution in [0.3, 0.4) is 0 Å². The van der Waals surface area contributed by atoms with Crippen LogP contribution < -0.4 is 0 Å². The second-order valence-corrected chi connectivity index (χ2v) is 16.8.